The largest absolute Gasteiger partial charge is 0.813 e. The van der Waals surface area contributed by atoms with Crippen LogP contribution >= 0.6 is 0 Å². The molecule has 3 rings (SSSR count). The van der Waals surface area contributed by atoms with Crippen molar-refractivity contribution in [3.05, 3.63) is 70.0 Å². The third-order valence-corrected chi connectivity index (χ3v) is 10.9. The molecule has 0 fully saturated rings. The predicted molar refractivity (Wildman–Crippen MR) is 127 cm³/mol. The fourth-order valence-electron chi connectivity index (χ4n) is 2.90. The normalized spacial score (nSPS) is 11.4. The second-order valence-corrected chi connectivity index (χ2v) is 13.9. The molecule has 0 saturated carbocycles. The summed E-state index contributed by atoms with van der Waals surface area (Å²) in [5.41, 5.74) is 7.47. The molecule has 0 saturated heterocycles. The quantitative estimate of drug-likeness (QED) is 0.195. The molecule has 0 bridgehead atoms. The molecule has 4 N–H and O–H groups in total. The van der Waals surface area contributed by atoms with Crippen LogP contribution in [0.4, 0.5) is 15.9 Å². The average molecular weight is 535 g/mol. The van der Waals surface area contributed by atoms with E-state index < -0.39 is 20.2 Å². The third-order valence-electron chi connectivity index (χ3n) is 4.84. The number of thiol groups is 1. The van der Waals surface area contributed by atoms with Crippen LogP contribution in [0.3, 0.4) is 0 Å². The SMILES string of the molecule is C[CH2][Sb+]([CH3])[c]1ccc(Nc2nc3ccc(/C(C=N)=C/N)cn3c(=O)c2C)c(F)c1.[SH-]. The van der Waals surface area contributed by atoms with Gasteiger partial charge in [0.15, 0.2) is 0 Å². The van der Waals surface area contributed by atoms with Crippen LogP contribution in [-0.4, -0.2) is 35.8 Å². The summed E-state index contributed by atoms with van der Waals surface area (Å²) < 4.78 is 18.2. The van der Waals surface area contributed by atoms with E-state index in [2.05, 4.69) is 22.1 Å². The summed E-state index contributed by atoms with van der Waals surface area (Å²) in [6, 6.07) is 8.69. The summed E-state index contributed by atoms with van der Waals surface area (Å²) in [6.07, 6.45) is 4.03. The number of halogens is 1. The Labute approximate surface area is 188 Å². The molecular weight excluding hydrogens is 511 g/mol. The molecule has 0 aliphatic heterocycles. The van der Waals surface area contributed by atoms with Gasteiger partial charge in [0, 0.05) is 12.4 Å². The predicted octanol–water partition coefficient (Wildman–Crippen LogP) is 2.92. The summed E-state index contributed by atoms with van der Waals surface area (Å²) >= 11 is -1.55. The van der Waals surface area contributed by atoms with E-state index in [9.17, 15) is 9.18 Å². The molecule has 6 nitrogen and oxygen atoms in total. The number of nitrogens with two attached hydrogens (primary N) is 1. The Morgan fingerprint density at radius 3 is 2.70 bits per heavy atom. The zero-order chi connectivity index (χ0) is 21.1. The third kappa shape index (κ3) is 4.70. The summed E-state index contributed by atoms with van der Waals surface area (Å²) in [5, 5.41) is 10.4. The van der Waals surface area contributed by atoms with Gasteiger partial charge in [-0.05, 0) is 0 Å². The molecule has 1 aromatic carbocycles. The smallest absolute Gasteiger partial charge is 0.813 e. The minimum atomic E-state index is -1.55. The van der Waals surface area contributed by atoms with Crippen LogP contribution in [0.1, 0.15) is 18.1 Å². The van der Waals surface area contributed by atoms with E-state index in [1.54, 1.807) is 37.4 Å². The average Bonchev–Trinajstić information content (AvgIpc) is 2.73. The van der Waals surface area contributed by atoms with Gasteiger partial charge in [-0.2, -0.15) is 0 Å². The second-order valence-electron chi connectivity index (χ2n) is 6.61. The van der Waals surface area contributed by atoms with Gasteiger partial charge < -0.3 is 24.6 Å². The maximum atomic E-state index is 14.6. The molecule has 3 aromatic rings. The van der Waals surface area contributed by atoms with Gasteiger partial charge >= 0.3 is 152 Å². The molecule has 157 valence electrons. The molecule has 0 aliphatic rings. The molecule has 2 aromatic heterocycles. The molecule has 1 radical (unpaired) electrons. The van der Waals surface area contributed by atoms with Gasteiger partial charge in [-0.25, -0.2) is 0 Å². The van der Waals surface area contributed by atoms with Crippen molar-refractivity contribution in [2.24, 2.45) is 5.73 Å². The summed E-state index contributed by atoms with van der Waals surface area (Å²) in [4.78, 5) is 19.6. The Bertz CT molecular complexity index is 1180. The molecule has 0 amide bonds. The molecule has 2 heterocycles. The summed E-state index contributed by atoms with van der Waals surface area (Å²) in [6.45, 7) is 3.79. The number of rotatable bonds is 6. The Kier molecular flexibility index (Phi) is 8.09. The van der Waals surface area contributed by atoms with Crippen molar-refractivity contribution >= 4 is 66.2 Å². The zero-order valence-corrected chi connectivity index (χ0v) is 20.4. The standard InChI is InChI=1S/C18H15FN5O.C2H5.CH3.H2S.Sb/c1-11-17(22-15-5-3-2-4-14(15)19)23-16-7-6-12(13(8-20)9-21)10-24(16)18(11)25;1-2;;;/h3-10,20,22H,21H2,1H3;1H2,2H3;1H3;1H2;/q;;;;+1/p-1/b13-9+,20-8?;;;;. The van der Waals surface area contributed by atoms with E-state index in [-0.39, 0.29) is 24.9 Å². The van der Waals surface area contributed by atoms with Crippen LogP contribution in [0.25, 0.3) is 11.2 Å². The molecule has 0 aliphatic carbocycles. The van der Waals surface area contributed by atoms with Crippen LogP contribution in [0.5, 0.6) is 0 Å². The van der Waals surface area contributed by atoms with Crippen LogP contribution in [0.2, 0.25) is 9.24 Å². The molecule has 0 unspecified atom stereocenters. The van der Waals surface area contributed by atoms with Gasteiger partial charge in [0.05, 0.1) is 0 Å². The van der Waals surface area contributed by atoms with Crippen LogP contribution in [-0.2, 0) is 13.5 Å². The van der Waals surface area contributed by atoms with Crippen molar-refractivity contribution in [2.45, 2.75) is 23.1 Å². The van der Waals surface area contributed by atoms with Gasteiger partial charge in [0.2, 0.25) is 0 Å². The zero-order valence-electron chi connectivity index (χ0n) is 17.0. The van der Waals surface area contributed by atoms with E-state index in [0.717, 1.165) is 14.1 Å². The Balaban J connectivity index is 0.00000320. The number of fused-ring (bicyclic) bond motifs is 1. The molecular formula is C21H24FN5OSSb. The minimum absolute atomic E-state index is 0. The number of hydrogen-bond donors (Lipinski definition) is 3. The first-order valence-corrected chi connectivity index (χ1v) is 14.8. The summed E-state index contributed by atoms with van der Waals surface area (Å²) in [5.74, 6) is -0.0199. The van der Waals surface area contributed by atoms with E-state index in [1.165, 1.54) is 10.6 Å². The van der Waals surface area contributed by atoms with Gasteiger partial charge in [-0.1, -0.05) is 0 Å². The van der Waals surface area contributed by atoms with Gasteiger partial charge in [0.1, 0.15) is 0 Å². The first kappa shape index (κ1) is 24.0. The first-order chi connectivity index (χ1) is 13.9. The number of allylic oxidation sites excluding steroid dienone is 1. The van der Waals surface area contributed by atoms with Crippen molar-refractivity contribution in [3.63, 3.8) is 0 Å². The maximum Gasteiger partial charge on any atom is -0.813 e. The van der Waals surface area contributed by atoms with E-state index >= 15 is 0 Å². The maximum absolute atomic E-state index is 14.6. The van der Waals surface area contributed by atoms with Crippen LogP contribution in [0, 0.1) is 18.2 Å². The molecule has 0 atom stereocenters. The monoisotopic (exact) mass is 534 g/mol. The Morgan fingerprint density at radius 2 is 2.10 bits per heavy atom. The Morgan fingerprint density at radius 1 is 1.37 bits per heavy atom. The van der Waals surface area contributed by atoms with Crippen molar-refractivity contribution in [2.75, 3.05) is 5.32 Å². The number of pyridine rings is 1. The van der Waals surface area contributed by atoms with Gasteiger partial charge in [-0.15, -0.1) is 0 Å². The first-order valence-electron chi connectivity index (χ1n) is 9.13. The van der Waals surface area contributed by atoms with Crippen molar-refractivity contribution in [1.82, 2.24) is 9.38 Å². The molecule has 9 heteroatoms. The van der Waals surface area contributed by atoms with Crippen LogP contribution in [0.15, 0.2) is 47.5 Å². The molecule has 30 heavy (non-hydrogen) atoms. The number of nitrogens with one attached hydrogen (secondary N) is 2. The summed E-state index contributed by atoms with van der Waals surface area (Å²) in [7, 11) is 0. The number of anilines is 2. The van der Waals surface area contributed by atoms with Crippen molar-refractivity contribution in [3.8, 4) is 0 Å². The Hall–Kier alpha value is -2.31. The fourth-order valence-corrected chi connectivity index (χ4v) is 5.83. The molecule has 0 spiro atoms. The number of hydrogen-bond acceptors (Lipinski definition) is 6. The van der Waals surface area contributed by atoms with Gasteiger partial charge in [0.25, 0.3) is 0 Å². The minimum Gasteiger partial charge on any atom is -0.813 e. The van der Waals surface area contributed by atoms with Crippen LogP contribution < -0.4 is 20.1 Å². The number of nitrogens with zero attached hydrogens (tertiary/aromatic N) is 2. The van der Waals surface area contributed by atoms with Gasteiger partial charge in [-0.3, -0.25) is 0 Å². The second kappa shape index (κ2) is 10.1. The number of benzene rings is 1. The van der Waals surface area contributed by atoms with E-state index in [1.807, 2.05) is 6.07 Å². The fraction of sp³-hybridized carbons (Fsp3) is 0.190. The number of aromatic nitrogens is 2. The van der Waals surface area contributed by atoms with Crippen molar-refractivity contribution < 1.29 is 4.39 Å². The van der Waals surface area contributed by atoms with E-state index in [4.69, 9.17) is 11.1 Å². The van der Waals surface area contributed by atoms with Crippen molar-refractivity contribution in [1.29, 1.82) is 5.41 Å². The topological polar surface area (TPSA) is 96.3 Å². The van der Waals surface area contributed by atoms with E-state index in [0.29, 0.717) is 33.9 Å².